The molecule has 1 fully saturated rings. The highest BCUT2D eigenvalue weighted by Gasteiger charge is 2.35. The van der Waals surface area contributed by atoms with Crippen LogP contribution in [0.25, 0.3) is 0 Å². The van der Waals surface area contributed by atoms with Gasteiger partial charge in [0.2, 0.25) is 5.91 Å². The predicted molar refractivity (Wildman–Crippen MR) is 77.9 cm³/mol. The third kappa shape index (κ3) is 4.03. The van der Waals surface area contributed by atoms with E-state index in [0.717, 1.165) is 37.8 Å². The van der Waals surface area contributed by atoms with E-state index in [2.05, 4.69) is 17.2 Å². The van der Waals surface area contributed by atoms with E-state index in [1.165, 1.54) is 12.1 Å². The second kappa shape index (κ2) is 6.43. The number of hydrogen-bond acceptors (Lipinski definition) is 1. The summed E-state index contributed by atoms with van der Waals surface area (Å²) in [7, 11) is 0. The van der Waals surface area contributed by atoms with Gasteiger partial charge < -0.3 is 5.32 Å². The van der Waals surface area contributed by atoms with E-state index in [1.807, 2.05) is 6.92 Å². The number of rotatable bonds is 2. The zero-order valence-corrected chi connectivity index (χ0v) is 12.4. The standard InChI is InChI=1S/C17H18F3NO/c1-16(9-2-3-10-16)15(22)21-11-5-7-13-6-4-8-14(12-13)17(18,19)20/h4,6,8,12H,2-3,9-11H2,1H3,(H,21,22). The van der Waals surface area contributed by atoms with Crippen LogP contribution in [-0.2, 0) is 11.0 Å². The number of carbonyl (C=O) groups is 1. The lowest BCUT2D eigenvalue weighted by Gasteiger charge is -2.21. The molecule has 1 N–H and O–H groups in total. The van der Waals surface area contributed by atoms with Gasteiger partial charge in [0.15, 0.2) is 0 Å². The SMILES string of the molecule is CC1(C(=O)NCC#Cc2cccc(C(F)(F)F)c2)CCCC1. The van der Waals surface area contributed by atoms with Crippen LogP contribution >= 0.6 is 0 Å². The van der Waals surface area contributed by atoms with Crippen molar-refractivity contribution in [3.8, 4) is 11.8 Å². The lowest BCUT2D eigenvalue weighted by molar-refractivity contribution is -0.137. The highest BCUT2D eigenvalue weighted by atomic mass is 19.4. The normalized spacial score (nSPS) is 16.7. The Morgan fingerprint density at radius 2 is 2.00 bits per heavy atom. The molecule has 1 aromatic rings. The summed E-state index contributed by atoms with van der Waals surface area (Å²) in [6, 6.07) is 4.86. The van der Waals surface area contributed by atoms with Gasteiger partial charge in [0, 0.05) is 11.0 Å². The minimum absolute atomic E-state index is 0.0247. The van der Waals surface area contributed by atoms with Crippen LogP contribution in [0.5, 0.6) is 0 Å². The van der Waals surface area contributed by atoms with Gasteiger partial charge in [0.25, 0.3) is 0 Å². The Bertz CT molecular complexity index is 604. The fourth-order valence-corrected chi connectivity index (χ4v) is 2.64. The molecule has 0 bridgehead atoms. The highest BCUT2D eigenvalue weighted by Crippen LogP contribution is 2.37. The molecule has 0 spiro atoms. The van der Waals surface area contributed by atoms with Crippen LogP contribution in [0.2, 0.25) is 0 Å². The molecule has 1 aromatic carbocycles. The molecule has 0 unspecified atom stereocenters. The van der Waals surface area contributed by atoms with Gasteiger partial charge in [-0.15, -0.1) is 0 Å². The van der Waals surface area contributed by atoms with Gasteiger partial charge in [-0.05, 0) is 31.0 Å². The van der Waals surface area contributed by atoms with Gasteiger partial charge in [0.1, 0.15) is 0 Å². The number of halogens is 3. The summed E-state index contributed by atoms with van der Waals surface area (Å²) in [4.78, 5) is 12.0. The van der Waals surface area contributed by atoms with E-state index in [1.54, 1.807) is 0 Å². The van der Waals surface area contributed by atoms with E-state index in [-0.39, 0.29) is 23.4 Å². The molecule has 0 atom stereocenters. The van der Waals surface area contributed by atoms with Crippen molar-refractivity contribution in [3.05, 3.63) is 35.4 Å². The largest absolute Gasteiger partial charge is 0.416 e. The molecule has 22 heavy (non-hydrogen) atoms. The average Bonchev–Trinajstić information content (AvgIpc) is 2.91. The smallest absolute Gasteiger partial charge is 0.345 e. The number of benzene rings is 1. The van der Waals surface area contributed by atoms with E-state index < -0.39 is 11.7 Å². The Balaban J connectivity index is 1.93. The van der Waals surface area contributed by atoms with Gasteiger partial charge in [-0.1, -0.05) is 37.7 Å². The van der Waals surface area contributed by atoms with E-state index in [4.69, 9.17) is 0 Å². The minimum atomic E-state index is -4.37. The second-order valence-electron chi connectivity index (χ2n) is 5.83. The van der Waals surface area contributed by atoms with Crippen LogP contribution in [-0.4, -0.2) is 12.5 Å². The van der Waals surface area contributed by atoms with Crippen molar-refractivity contribution in [3.63, 3.8) is 0 Å². The molecule has 0 aromatic heterocycles. The Morgan fingerprint density at radius 3 is 2.64 bits per heavy atom. The Hall–Kier alpha value is -1.96. The molecule has 0 aliphatic heterocycles. The van der Waals surface area contributed by atoms with Gasteiger partial charge in [-0.2, -0.15) is 13.2 Å². The molecule has 0 radical (unpaired) electrons. The van der Waals surface area contributed by atoms with Crippen LogP contribution < -0.4 is 5.32 Å². The first-order valence-electron chi connectivity index (χ1n) is 7.26. The molecule has 1 saturated carbocycles. The number of amides is 1. The zero-order valence-electron chi connectivity index (χ0n) is 12.4. The summed E-state index contributed by atoms with van der Waals surface area (Å²) in [5, 5.41) is 2.75. The maximum atomic E-state index is 12.6. The third-order valence-electron chi connectivity index (χ3n) is 4.02. The van der Waals surface area contributed by atoms with Crippen LogP contribution in [0, 0.1) is 17.3 Å². The monoisotopic (exact) mass is 309 g/mol. The maximum absolute atomic E-state index is 12.6. The van der Waals surface area contributed by atoms with Gasteiger partial charge in [-0.25, -0.2) is 0 Å². The molecule has 0 heterocycles. The average molecular weight is 309 g/mol. The topological polar surface area (TPSA) is 29.1 Å². The van der Waals surface area contributed by atoms with Crippen LogP contribution in [0.3, 0.4) is 0 Å². The highest BCUT2D eigenvalue weighted by molar-refractivity contribution is 5.82. The number of carbonyl (C=O) groups excluding carboxylic acids is 1. The van der Waals surface area contributed by atoms with Crippen molar-refractivity contribution < 1.29 is 18.0 Å². The van der Waals surface area contributed by atoms with Crippen molar-refractivity contribution in [2.45, 2.75) is 38.8 Å². The van der Waals surface area contributed by atoms with Crippen LogP contribution in [0.15, 0.2) is 24.3 Å². The van der Waals surface area contributed by atoms with Crippen molar-refractivity contribution in [1.82, 2.24) is 5.32 Å². The van der Waals surface area contributed by atoms with Gasteiger partial charge in [0.05, 0.1) is 12.1 Å². The molecule has 0 saturated heterocycles. The molecule has 118 valence electrons. The molecule has 1 amide bonds. The fourth-order valence-electron chi connectivity index (χ4n) is 2.64. The van der Waals surface area contributed by atoms with Crippen molar-refractivity contribution in [1.29, 1.82) is 0 Å². The second-order valence-corrected chi connectivity index (χ2v) is 5.83. The lowest BCUT2D eigenvalue weighted by atomic mass is 9.88. The number of nitrogens with one attached hydrogen (secondary N) is 1. The van der Waals surface area contributed by atoms with Crippen molar-refractivity contribution >= 4 is 5.91 Å². The summed E-state index contributed by atoms with van der Waals surface area (Å²) in [6.07, 6.45) is -0.511. The molecular weight excluding hydrogens is 291 g/mol. The summed E-state index contributed by atoms with van der Waals surface area (Å²) in [5.74, 6) is 5.33. The number of alkyl halides is 3. The maximum Gasteiger partial charge on any atom is 0.416 e. The first-order valence-corrected chi connectivity index (χ1v) is 7.26. The summed E-state index contributed by atoms with van der Waals surface area (Å²) >= 11 is 0. The van der Waals surface area contributed by atoms with Gasteiger partial charge in [-0.3, -0.25) is 4.79 Å². The van der Waals surface area contributed by atoms with Crippen LogP contribution in [0.1, 0.15) is 43.7 Å². The molecule has 1 aliphatic carbocycles. The molecule has 2 rings (SSSR count). The first kappa shape index (κ1) is 16.4. The molecule has 5 heteroatoms. The minimum Gasteiger partial charge on any atom is -0.345 e. The van der Waals surface area contributed by atoms with E-state index in [9.17, 15) is 18.0 Å². The Kier molecular flexibility index (Phi) is 4.80. The lowest BCUT2D eigenvalue weighted by Crippen LogP contribution is -2.37. The van der Waals surface area contributed by atoms with Crippen molar-refractivity contribution in [2.75, 3.05) is 6.54 Å². The zero-order chi connectivity index (χ0) is 16.2. The molecular formula is C17H18F3NO. The fraction of sp³-hybridized carbons (Fsp3) is 0.471. The summed E-state index contributed by atoms with van der Waals surface area (Å²) in [6.45, 7) is 2.08. The first-order chi connectivity index (χ1) is 10.3. The summed E-state index contributed by atoms with van der Waals surface area (Å²) in [5.41, 5.74) is -0.754. The van der Waals surface area contributed by atoms with Gasteiger partial charge >= 0.3 is 6.18 Å². The quantitative estimate of drug-likeness (QED) is 0.828. The van der Waals surface area contributed by atoms with E-state index >= 15 is 0 Å². The summed E-state index contributed by atoms with van der Waals surface area (Å²) < 4.78 is 37.7. The molecule has 2 nitrogen and oxygen atoms in total. The van der Waals surface area contributed by atoms with Crippen LogP contribution in [0.4, 0.5) is 13.2 Å². The third-order valence-corrected chi connectivity index (χ3v) is 4.02. The Morgan fingerprint density at radius 1 is 1.32 bits per heavy atom. The number of hydrogen-bond donors (Lipinski definition) is 1. The Labute approximate surface area is 128 Å². The molecule has 1 aliphatic rings. The predicted octanol–water partition coefficient (Wildman–Crippen LogP) is 3.75. The van der Waals surface area contributed by atoms with Crippen molar-refractivity contribution in [2.24, 2.45) is 5.41 Å². The van der Waals surface area contributed by atoms with E-state index in [0.29, 0.717) is 0 Å².